The number of fused-ring (bicyclic) bond motifs is 1. The number of hydrogen-bond acceptors (Lipinski definition) is 4. The summed E-state index contributed by atoms with van der Waals surface area (Å²) in [5.74, 6) is 1.00. The number of amides is 2. The Balaban J connectivity index is 1.45. The summed E-state index contributed by atoms with van der Waals surface area (Å²) in [4.78, 5) is 33.1. The molecule has 2 aliphatic rings. The van der Waals surface area contributed by atoms with Crippen molar-refractivity contribution in [3.8, 4) is 0 Å². The van der Waals surface area contributed by atoms with Gasteiger partial charge >= 0.3 is 6.09 Å². The zero-order chi connectivity index (χ0) is 20.4. The number of ether oxygens (including phenoxy) is 1. The molecule has 1 saturated heterocycles. The number of nitrogens with zero attached hydrogens (tertiary/aromatic N) is 4. The molecule has 1 aromatic heterocycles. The van der Waals surface area contributed by atoms with Crippen LogP contribution in [0.25, 0.3) is 11.0 Å². The van der Waals surface area contributed by atoms with E-state index in [1.54, 1.807) is 15.9 Å². The predicted octanol–water partition coefficient (Wildman–Crippen LogP) is 3.54. The highest BCUT2D eigenvalue weighted by Crippen LogP contribution is 2.33. The van der Waals surface area contributed by atoms with E-state index in [4.69, 9.17) is 9.72 Å². The second kappa shape index (κ2) is 8.27. The first-order chi connectivity index (χ1) is 14.1. The molecule has 2 aromatic rings. The normalized spacial score (nSPS) is 17.7. The van der Waals surface area contributed by atoms with Gasteiger partial charge in [0, 0.05) is 37.8 Å². The average molecular weight is 396 g/mol. The lowest BCUT2D eigenvalue weighted by molar-refractivity contribution is 0.0581. The smallest absolute Gasteiger partial charge is 0.410 e. The molecule has 154 valence electrons. The van der Waals surface area contributed by atoms with Gasteiger partial charge in [-0.1, -0.05) is 25.5 Å². The van der Waals surface area contributed by atoms with Crippen molar-refractivity contribution in [1.82, 2.24) is 19.4 Å². The zero-order valence-electron chi connectivity index (χ0n) is 17.0. The van der Waals surface area contributed by atoms with Gasteiger partial charge in [0.2, 0.25) is 0 Å². The molecular weight excluding hydrogens is 368 g/mol. The van der Waals surface area contributed by atoms with E-state index in [9.17, 15) is 9.59 Å². The van der Waals surface area contributed by atoms with Crippen molar-refractivity contribution in [2.75, 3.05) is 32.8 Å². The van der Waals surface area contributed by atoms with E-state index in [-0.39, 0.29) is 18.6 Å². The Bertz CT molecular complexity index is 922. The van der Waals surface area contributed by atoms with Crippen LogP contribution in [-0.2, 0) is 4.74 Å². The lowest BCUT2D eigenvalue weighted by Crippen LogP contribution is -2.50. The molecule has 0 N–H and O–H groups in total. The third-order valence-corrected chi connectivity index (χ3v) is 5.95. The Morgan fingerprint density at radius 1 is 1.17 bits per heavy atom. The minimum atomic E-state index is -0.355. The fraction of sp³-hybridized carbons (Fsp3) is 0.500. The van der Waals surface area contributed by atoms with Crippen molar-refractivity contribution in [3.05, 3.63) is 42.2 Å². The number of carbonyl (C=O) groups is 2. The standard InChI is InChI=1S/C22H28N4O3/c1-3-14-29-22(28)25-12-10-24(11-13-25)21(27)17-8-9-20-19(15-17)23-16(2)26(20)18-6-4-5-7-18/h3,8-9,15,18H,1,4-7,10-14H2,2H3. The molecular formula is C22H28N4O3. The van der Waals surface area contributed by atoms with Crippen molar-refractivity contribution in [1.29, 1.82) is 0 Å². The third-order valence-electron chi connectivity index (χ3n) is 5.95. The van der Waals surface area contributed by atoms with Gasteiger partial charge in [0.05, 0.1) is 11.0 Å². The van der Waals surface area contributed by atoms with Crippen LogP contribution in [0.1, 0.15) is 47.9 Å². The second-order valence-electron chi connectivity index (χ2n) is 7.82. The van der Waals surface area contributed by atoms with E-state index in [0.29, 0.717) is 37.8 Å². The van der Waals surface area contributed by atoms with Gasteiger partial charge in [0.1, 0.15) is 12.4 Å². The molecule has 1 aliphatic heterocycles. The number of piperazine rings is 1. The Kier molecular flexibility index (Phi) is 5.56. The fourth-order valence-electron chi connectivity index (χ4n) is 4.47. The van der Waals surface area contributed by atoms with E-state index in [1.807, 2.05) is 25.1 Å². The molecule has 2 fully saturated rings. The molecule has 2 heterocycles. The molecule has 0 spiro atoms. The number of carbonyl (C=O) groups excluding carboxylic acids is 2. The monoisotopic (exact) mass is 396 g/mol. The van der Waals surface area contributed by atoms with E-state index in [2.05, 4.69) is 11.1 Å². The minimum Gasteiger partial charge on any atom is -0.445 e. The van der Waals surface area contributed by atoms with Gasteiger partial charge in [-0.25, -0.2) is 9.78 Å². The molecule has 2 amide bonds. The molecule has 7 heteroatoms. The zero-order valence-corrected chi connectivity index (χ0v) is 17.0. The van der Waals surface area contributed by atoms with E-state index >= 15 is 0 Å². The minimum absolute atomic E-state index is 0.0147. The summed E-state index contributed by atoms with van der Waals surface area (Å²) in [6.45, 7) is 7.72. The van der Waals surface area contributed by atoms with Crippen molar-refractivity contribution in [3.63, 3.8) is 0 Å². The van der Waals surface area contributed by atoms with Gasteiger partial charge in [0.15, 0.2) is 0 Å². The Hall–Kier alpha value is -2.83. The maximum absolute atomic E-state index is 13.0. The molecule has 1 aromatic carbocycles. The maximum atomic E-state index is 13.0. The number of imidazole rings is 1. The molecule has 0 bridgehead atoms. The Labute approximate surface area is 170 Å². The second-order valence-corrected chi connectivity index (χ2v) is 7.82. The molecule has 0 atom stereocenters. The quantitative estimate of drug-likeness (QED) is 0.742. The first-order valence-electron chi connectivity index (χ1n) is 10.4. The summed E-state index contributed by atoms with van der Waals surface area (Å²) >= 11 is 0. The van der Waals surface area contributed by atoms with E-state index < -0.39 is 0 Å². The molecule has 0 radical (unpaired) electrons. The first-order valence-corrected chi connectivity index (χ1v) is 10.4. The van der Waals surface area contributed by atoms with Crippen molar-refractivity contribution < 1.29 is 14.3 Å². The largest absolute Gasteiger partial charge is 0.445 e. The number of aromatic nitrogens is 2. The van der Waals surface area contributed by atoms with Crippen LogP contribution in [0, 0.1) is 6.92 Å². The van der Waals surface area contributed by atoms with Gasteiger partial charge in [-0.15, -0.1) is 0 Å². The van der Waals surface area contributed by atoms with Gasteiger partial charge in [0.25, 0.3) is 5.91 Å². The number of hydrogen-bond donors (Lipinski definition) is 0. The van der Waals surface area contributed by atoms with Crippen LogP contribution >= 0.6 is 0 Å². The van der Waals surface area contributed by atoms with Crippen LogP contribution in [0.15, 0.2) is 30.9 Å². The SMILES string of the molecule is C=CCOC(=O)N1CCN(C(=O)c2ccc3c(c2)nc(C)n3C2CCCC2)CC1. The molecule has 1 saturated carbocycles. The predicted molar refractivity (Wildman–Crippen MR) is 111 cm³/mol. The summed E-state index contributed by atoms with van der Waals surface area (Å²) in [6.07, 6.45) is 6.13. The topological polar surface area (TPSA) is 67.7 Å². The van der Waals surface area contributed by atoms with Crippen molar-refractivity contribution in [2.45, 2.75) is 38.6 Å². The molecule has 7 nitrogen and oxygen atoms in total. The summed E-state index contributed by atoms with van der Waals surface area (Å²) in [7, 11) is 0. The van der Waals surface area contributed by atoms with Gasteiger partial charge in [-0.2, -0.15) is 0 Å². The molecule has 1 aliphatic carbocycles. The van der Waals surface area contributed by atoms with Gasteiger partial charge in [-0.05, 0) is 38.0 Å². The summed E-state index contributed by atoms with van der Waals surface area (Å²) < 4.78 is 7.41. The van der Waals surface area contributed by atoms with Gasteiger partial charge in [-0.3, -0.25) is 4.79 Å². The highest BCUT2D eigenvalue weighted by Gasteiger charge is 2.26. The highest BCUT2D eigenvalue weighted by molar-refractivity contribution is 5.97. The molecule has 0 unspecified atom stereocenters. The lowest BCUT2D eigenvalue weighted by Gasteiger charge is -2.34. The van der Waals surface area contributed by atoms with Crippen LogP contribution in [0.3, 0.4) is 0 Å². The summed E-state index contributed by atoms with van der Waals surface area (Å²) in [5.41, 5.74) is 2.64. The summed E-state index contributed by atoms with van der Waals surface area (Å²) in [6, 6.07) is 6.36. The average Bonchev–Trinajstić information content (AvgIpc) is 3.37. The number of benzene rings is 1. The lowest BCUT2D eigenvalue weighted by atomic mass is 10.1. The Morgan fingerprint density at radius 2 is 1.86 bits per heavy atom. The Morgan fingerprint density at radius 3 is 2.55 bits per heavy atom. The molecule has 4 rings (SSSR count). The highest BCUT2D eigenvalue weighted by atomic mass is 16.6. The van der Waals surface area contributed by atoms with Crippen LogP contribution < -0.4 is 0 Å². The molecule has 29 heavy (non-hydrogen) atoms. The van der Waals surface area contributed by atoms with E-state index in [0.717, 1.165) is 16.9 Å². The van der Waals surface area contributed by atoms with Gasteiger partial charge < -0.3 is 19.1 Å². The van der Waals surface area contributed by atoms with E-state index in [1.165, 1.54) is 25.7 Å². The number of aryl methyl sites for hydroxylation is 1. The van der Waals surface area contributed by atoms with Crippen molar-refractivity contribution in [2.24, 2.45) is 0 Å². The first kappa shape index (κ1) is 19.5. The van der Waals surface area contributed by atoms with Crippen LogP contribution in [0.4, 0.5) is 4.79 Å². The fourth-order valence-corrected chi connectivity index (χ4v) is 4.47. The van der Waals surface area contributed by atoms with Crippen LogP contribution in [0.2, 0.25) is 0 Å². The van der Waals surface area contributed by atoms with Crippen LogP contribution in [-0.4, -0.2) is 64.1 Å². The number of rotatable bonds is 4. The maximum Gasteiger partial charge on any atom is 0.410 e. The van der Waals surface area contributed by atoms with Crippen molar-refractivity contribution >= 4 is 23.0 Å². The summed E-state index contributed by atoms with van der Waals surface area (Å²) in [5, 5.41) is 0. The van der Waals surface area contributed by atoms with Crippen LogP contribution in [0.5, 0.6) is 0 Å². The third kappa shape index (κ3) is 3.86.